The number of carbonyl (C=O) groups excluding carboxylic acids is 2. The van der Waals surface area contributed by atoms with Gasteiger partial charge in [-0.1, -0.05) is 6.08 Å². The zero-order valence-corrected chi connectivity index (χ0v) is 5.20. The van der Waals surface area contributed by atoms with Crippen molar-refractivity contribution in [1.82, 2.24) is 0 Å². The highest BCUT2D eigenvalue weighted by Gasteiger charge is 1.82. The van der Waals surface area contributed by atoms with Crippen molar-refractivity contribution < 1.29 is 9.59 Å². The summed E-state index contributed by atoms with van der Waals surface area (Å²) >= 11 is 0. The summed E-state index contributed by atoms with van der Waals surface area (Å²) in [4.78, 5) is 20.1. The fourth-order valence-corrected chi connectivity index (χ4v) is 0.354. The van der Waals surface area contributed by atoms with E-state index in [1.165, 1.54) is 18.2 Å². The van der Waals surface area contributed by atoms with Crippen LogP contribution in [0, 0.1) is 0 Å². The van der Waals surface area contributed by atoms with E-state index in [1.807, 2.05) is 0 Å². The molecule has 48 valence electrons. The first-order valence-corrected chi connectivity index (χ1v) is 2.59. The molecule has 0 radical (unpaired) electrons. The fraction of sp³-hybridized carbons (Fsp3) is 0.143. The number of allylic oxidation sites excluding steroid dienone is 4. The average molecular weight is 124 g/mol. The molecule has 9 heavy (non-hydrogen) atoms. The summed E-state index contributed by atoms with van der Waals surface area (Å²) in [7, 11) is 0. The van der Waals surface area contributed by atoms with E-state index in [4.69, 9.17) is 0 Å². The van der Waals surface area contributed by atoms with E-state index in [1.54, 1.807) is 13.0 Å². The number of rotatable bonds is 3. The van der Waals surface area contributed by atoms with Crippen LogP contribution in [0.1, 0.15) is 6.92 Å². The Labute approximate surface area is 53.9 Å². The molecule has 0 bridgehead atoms. The SMILES string of the molecule is C/C=C\C(=O)/C=C\C=O. The molecule has 0 aliphatic carbocycles. The monoisotopic (exact) mass is 124 g/mol. The maximum atomic E-state index is 10.5. The van der Waals surface area contributed by atoms with Crippen LogP contribution in [0.25, 0.3) is 0 Å². The van der Waals surface area contributed by atoms with Gasteiger partial charge in [-0.15, -0.1) is 0 Å². The van der Waals surface area contributed by atoms with E-state index in [9.17, 15) is 9.59 Å². The van der Waals surface area contributed by atoms with Crippen LogP contribution in [0.5, 0.6) is 0 Å². The number of hydrogen-bond donors (Lipinski definition) is 0. The molecular formula is C7H8O2. The molecule has 0 unspecified atom stereocenters. The molecular weight excluding hydrogens is 116 g/mol. The van der Waals surface area contributed by atoms with Crippen molar-refractivity contribution in [2.75, 3.05) is 0 Å². The van der Waals surface area contributed by atoms with Gasteiger partial charge in [-0.3, -0.25) is 9.59 Å². The third-order valence-electron chi connectivity index (χ3n) is 0.670. The first-order chi connectivity index (χ1) is 4.31. The summed E-state index contributed by atoms with van der Waals surface area (Å²) < 4.78 is 0. The van der Waals surface area contributed by atoms with Gasteiger partial charge in [0.25, 0.3) is 0 Å². The zero-order chi connectivity index (χ0) is 7.11. The predicted molar refractivity (Wildman–Crippen MR) is 35.0 cm³/mol. The summed E-state index contributed by atoms with van der Waals surface area (Å²) in [6.07, 6.45) is 5.97. The minimum atomic E-state index is -0.162. The highest BCUT2D eigenvalue weighted by Crippen LogP contribution is 1.77. The lowest BCUT2D eigenvalue weighted by Crippen LogP contribution is -1.83. The van der Waals surface area contributed by atoms with E-state index in [0.29, 0.717) is 6.29 Å². The molecule has 0 heterocycles. The third-order valence-corrected chi connectivity index (χ3v) is 0.670. The predicted octanol–water partition coefficient (Wildman–Crippen LogP) is 0.887. The minimum absolute atomic E-state index is 0.162. The summed E-state index contributed by atoms with van der Waals surface area (Å²) in [5.74, 6) is -0.162. The second-order valence-corrected chi connectivity index (χ2v) is 1.40. The van der Waals surface area contributed by atoms with Crippen molar-refractivity contribution in [1.29, 1.82) is 0 Å². The molecule has 0 fully saturated rings. The molecule has 0 aromatic carbocycles. The molecule has 2 heteroatoms. The van der Waals surface area contributed by atoms with E-state index in [2.05, 4.69) is 0 Å². The second-order valence-electron chi connectivity index (χ2n) is 1.40. The molecule has 0 aliphatic heterocycles. The van der Waals surface area contributed by atoms with Crippen LogP contribution < -0.4 is 0 Å². The number of carbonyl (C=O) groups is 2. The molecule has 0 saturated heterocycles. The second kappa shape index (κ2) is 4.97. The van der Waals surface area contributed by atoms with Gasteiger partial charge < -0.3 is 0 Å². The molecule has 0 aromatic heterocycles. The molecule has 0 amide bonds. The highest BCUT2D eigenvalue weighted by molar-refractivity contribution is 6.00. The topological polar surface area (TPSA) is 34.1 Å². The molecule has 0 spiro atoms. The Balaban J connectivity index is 3.76. The Morgan fingerprint density at radius 3 is 2.44 bits per heavy atom. The Hall–Kier alpha value is -1.18. The van der Waals surface area contributed by atoms with Crippen LogP contribution in [0.3, 0.4) is 0 Å². The minimum Gasteiger partial charge on any atom is -0.299 e. The van der Waals surface area contributed by atoms with Crippen molar-refractivity contribution in [2.24, 2.45) is 0 Å². The highest BCUT2D eigenvalue weighted by atomic mass is 16.1. The lowest BCUT2D eigenvalue weighted by atomic mass is 10.3. The van der Waals surface area contributed by atoms with Crippen LogP contribution in [0.15, 0.2) is 24.3 Å². The van der Waals surface area contributed by atoms with Crippen LogP contribution >= 0.6 is 0 Å². The van der Waals surface area contributed by atoms with Crippen molar-refractivity contribution in [3.05, 3.63) is 24.3 Å². The van der Waals surface area contributed by atoms with Crippen LogP contribution in [0.2, 0.25) is 0 Å². The third kappa shape index (κ3) is 4.68. The van der Waals surface area contributed by atoms with E-state index < -0.39 is 0 Å². The average Bonchev–Trinajstić information content (AvgIpc) is 1.85. The fourth-order valence-electron chi connectivity index (χ4n) is 0.354. The summed E-state index contributed by atoms with van der Waals surface area (Å²) in [5, 5.41) is 0. The summed E-state index contributed by atoms with van der Waals surface area (Å²) in [5.41, 5.74) is 0. The quantitative estimate of drug-likeness (QED) is 0.413. The van der Waals surface area contributed by atoms with E-state index in [-0.39, 0.29) is 5.78 Å². The Kier molecular flexibility index (Phi) is 4.32. The normalized spacial score (nSPS) is 10.8. The van der Waals surface area contributed by atoms with Gasteiger partial charge in [0.05, 0.1) is 0 Å². The molecule has 0 rings (SSSR count). The van der Waals surface area contributed by atoms with Crippen LogP contribution in [-0.2, 0) is 9.59 Å². The van der Waals surface area contributed by atoms with Gasteiger partial charge in [-0.2, -0.15) is 0 Å². The van der Waals surface area contributed by atoms with Crippen LogP contribution in [-0.4, -0.2) is 12.1 Å². The molecule has 0 saturated carbocycles. The smallest absolute Gasteiger partial charge is 0.178 e. The van der Waals surface area contributed by atoms with Crippen molar-refractivity contribution in [3.8, 4) is 0 Å². The van der Waals surface area contributed by atoms with Crippen molar-refractivity contribution in [3.63, 3.8) is 0 Å². The van der Waals surface area contributed by atoms with Crippen molar-refractivity contribution in [2.45, 2.75) is 6.92 Å². The first-order valence-electron chi connectivity index (χ1n) is 2.59. The maximum absolute atomic E-state index is 10.5. The first kappa shape index (κ1) is 7.82. The van der Waals surface area contributed by atoms with Gasteiger partial charge in [-0.25, -0.2) is 0 Å². The van der Waals surface area contributed by atoms with Gasteiger partial charge in [0.2, 0.25) is 0 Å². The number of aldehydes is 1. The number of ketones is 1. The van der Waals surface area contributed by atoms with E-state index >= 15 is 0 Å². The van der Waals surface area contributed by atoms with Gasteiger partial charge >= 0.3 is 0 Å². The molecule has 2 nitrogen and oxygen atoms in total. The molecule has 0 aliphatic rings. The van der Waals surface area contributed by atoms with Gasteiger partial charge in [-0.05, 0) is 25.2 Å². The van der Waals surface area contributed by atoms with Gasteiger partial charge in [0.15, 0.2) is 5.78 Å². The Morgan fingerprint density at radius 1 is 1.33 bits per heavy atom. The summed E-state index contributed by atoms with van der Waals surface area (Å²) in [6.45, 7) is 1.74. The summed E-state index contributed by atoms with van der Waals surface area (Å²) in [6, 6.07) is 0. The molecule has 0 N–H and O–H groups in total. The zero-order valence-electron chi connectivity index (χ0n) is 5.20. The number of hydrogen-bond acceptors (Lipinski definition) is 2. The van der Waals surface area contributed by atoms with Crippen LogP contribution in [0.4, 0.5) is 0 Å². The lowest BCUT2D eigenvalue weighted by Gasteiger charge is -1.74. The van der Waals surface area contributed by atoms with Gasteiger partial charge in [0.1, 0.15) is 6.29 Å². The molecule has 0 aromatic rings. The van der Waals surface area contributed by atoms with Crippen molar-refractivity contribution >= 4 is 12.1 Å². The maximum Gasteiger partial charge on any atom is 0.178 e. The Bertz CT molecular complexity index is 154. The molecule has 0 atom stereocenters. The largest absolute Gasteiger partial charge is 0.299 e. The van der Waals surface area contributed by atoms with E-state index in [0.717, 1.165) is 0 Å². The standard InChI is InChI=1S/C7H8O2/c1-2-4-7(9)5-3-6-8/h2-6H,1H3/b4-2-,5-3-. The lowest BCUT2D eigenvalue weighted by molar-refractivity contribution is -0.111. The van der Waals surface area contributed by atoms with Gasteiger partial charge in [0, 0.05) is 0 Å². The Morgan fingerprint density at radius 2 is 2.00 bits per heavy atom.